The monoisotopic (exact) mass is 305 g/mol. The van der Waals surface area contributed by atoms with Crippen molar-refractivity contribution >= 4 is 15.9 Å². The second kappa shape index (κ2) is 6.03. The zero-order valence-corrected chi connectivity index (χ0v) is 11.9. The Morgan fingerprint density at radius 2 is 1.94 bits per heavy atom. The zero-order chi connectivity index (χ0) is 13.0. The summed E-state index contributed by atoms with van der Waals surface area (Å²) in [5, 5.41) is 0. The predicted octanol–water partition coefficient (Wildman–Crippen LogP) is 4.05. The van der Waals surface area contributed by atoms with E-state index in [4.69, 9.17) is 10.5 Å². The highest BCUT2D eigenvalue weighted by Crippen LogP contribution is 2.24. The van der Waals surface area contributed by atoms with Gasteiger partial charge in [0.2, 0.25) is 0 Å². The van der Waals surface area contributed by atoms with Crippen LogP contribution in [0, 0.1) is 0 Å². The number of hydrogen-bond acceptors (Lipinski definition) is 2. The summed E-state index contributed by atoms with van der Waals surface area (Å²) < 4.78 is 6.90. The summed E-state index contributed by atoms with van der Waals surface area (Å²) in [6.07, 6.45) is 0. The maximum Gasteiger partial charge on any atom is 0.124 e. The number of hydrogen-bond donors (Lipinski definition) is 1. The van der Waals surface area contributed by atoms with Crippen LogP contribution >= 0.6 is 15.9 Å². The lowest BCUT2D eigenvalue weighted by Crippen LogP contribution is -2.07. The Balaban J connectivity index is 2.11. The third-order valence-corrected chi connectivity index (χ3v) is 3.19. The van der Waals surface area contributed by atoms with Gasteiger partial charge in [-0.05, 0) is 30.7 Å². The van der Waals surface area contributed by atoms with Gasteiger partial charge in [0.15, 0.2) is 0 Å². The summed E-state index contributed by atoms with van der Waals surface area (Å²) in [7, 11) is 0. The number of ether oxygens (including phenoxy) is 1. The van der Waals surface area contributed by atoms with E-state index in [0.29, 0.717) is 6.61 Å². The molecule has 2 nitrogen and oxygen atoms in total. The first-order chi connectivity index (χ1) is 8.66. The molecular formula is C15H16BrNO. The normalized spacial score (nSPS) is 12.2. The van der Waals surface area contributed by atoms with Gasteiger partial charge < -0.3 is 10.5 Å². The first kappa shape index (κ1) is 13.1. The summed E-state index contributed by atoms with van der Waals surface area (Å²) >= 11 is 3.45. The maximum absolute atomic E-state index is 5.92. The molecule has 94 valence electrons. The number of nitrogens with two attached hydrogens (primary N) is 1. The van der Waals surface area contributed by atoms with Crippen molar-refractivity contribution < 1.29 is 4.74 Å². The average molecular weight is 306 g/mol. The Bertz CT molecular complexity index is 525. The standard InChI is InChI=1S/C15H16BrNO/c1-11(17)14-7-2-3-8-15(14)18-10-12-5-4-6-13(16)9-12/h2-9,11H,10,17H2,1H3/t11-/m1/s1. The largest absolute Gasteiger partial charge is 0.489 e. The lowest BCUT2D eigenvalue weighted by molar-refractivity contribution is 0.301. The van der Waals surface area contributed by atoms with Gasteiger partial charge in [-0.2, -0.15) is 0 Å². The fourth-order valence-corrected chi connectivity index (χ4v) is 2.22. The van der Waals surface area contributed by atoms with Gasteiger partial charge in [-0.25, -0.2) is 0 Å². The molecule has 3 heteroatoms. The Labute approximate surface area is 116 Å². The van der Waals surface area contributed by atoms with Gasteiger partial charge in [-0.15, -0.1) is 0 Å². The van der Waals surface area contributed by atoms with Crippen LogP contribution in [-0.2, 0) is 6.61 Å². The van der Waals surface area contributed by atoms with E-state index in [1.807, 2.05) is 49.4 Å². The molecule has 2 aromatic carbocycles. The summed E-state index contributed by atoms with van der Waals surface area (Å²) in [6.45, 7) is 2.50. The lowest BCUT2D eigenvalue weighted by Gasteiger charge is -2.13. The first-order valence-corrected chi connectivity index (χ1v) is 6.68. The Morgan fingerprint density at radius 1 is 1.17 bits per heavy atom. The Morgan fingerprint density at radius 3 is 2.67 bits per heavy atom. The van der Waals surface area contributed by atoms with Crippen molar-refractivity contribution in [3.63, 3.8) is 0 Å². The van der Waals surface area contributed by atoms with Gasteiger partial charge >= 0.3 is 0 Å². The van der Waals surface area contributed by atoms with E-state index in [2.05, 4.69) is 22.0 Å². The Kier molecular flexibility index (Phi) is 4.39. The van der Waals surface area contributed by atoms with Crippen molar-refractivity contribution in [1.29, 1.82) is 0 Å². The molecule has 0 amide bonds. The smallest absolute Gasteiger partial charge is 0.124 e. The lowest BCUT2D eigenvalue weighted by atomic mass is 10.1. The van der Waals surface area contributed by atoms with Crippen LogP contribution in [-0.4, -0.2) is 0 Å². The minimum Gasteiger partial charge on any atom is -0.489 e. The molecule has 2 rings (SSSR count). The van der Waals surface area contributed by atoms with E-state index in [9.17, 15) is 0 Å². The maximum atomic E-state index is 5.92. The van der Waals surface area contributed by atoms with Gasteiger partial charge in [0.05, 0.1) is 0 Å². The highest BCUT2D eigenvalue weighted by atomic mass is 79.9. The highest BCUT2D eigenvalue weighted by molar-refractivity contribution is 9.10. The minimum atomic E-state index is -0.0243. The molecule has 2 N–H and O–H groups in total. The molecule has 0 aromatic heterocycles. The second-order valence-corrected chi connectivity index (χ2v) is 5.16. The van der Waals surface area contributed by atoms with Gasteiger partial charge in [-0.3, -0.25) is 0 Å². The molecule has 0 aliphatic carbocycles. The summed E-state index contributed by atoms with van der Waals surface area (Å²) in [5.41, 5.74) is 8.08. The molecule has 0 unspecified atom stereocenters. The van der Waals surface area contributed by atoms with Crippen LogP contribution in [0.3, 0.4) is 0 Å². The summed E-state index contributed by atoms with van der Waals surface area (Å²) in [6, 6.07) is 16.0. The fourth-order valence-electron chi connectivity index (χ4n) is 1.78. The van der Waals surface area contributed by atoms with Crippen LogP contribution in [0.15, 0.2) is 53.0 Å². The van der Waals surface area contributed by atoms with Crippen LogP contribution in [0.1, 0.15) is 24.1 Å². The van der Waals surface area contributed by atoms with E-state index in [0.717, 1.165) is 21.3 Å². The summed E-state index contributed by atoms with van der Waals surface area (Å²) in [4.78, 5) is 0. The number of halogens is 1. The zero-order valence-electron chi connectivity index (χ0n) is 10.3. The molecule has 2 aromatic rings. The molecule has 1 atom stereocenters. The van der Waals surface area contributed by atoms with E-state index in [1.54, 1.807) is 0 Å². The van der Waals surface area contributed by atoms with Crippen molar-refractivity contribution in [1.82, 2.24) is 0 Å². The quantitative estimate of drug-likeness (QED) is 0.925. The SMILES string of the molecule is C[C@@H](N)c1ccccc1OCc1cccc(Br)c1. The molecule has 0 heterocycles. The van der Waals surface area contributed by atoms with Crippen LogP contribution in [0.4, 0.5) is 0 Å². The molecule has 0 aliphatic heterocycles. The third-order valence-electron chi connectivity index (χ3n) is 2.69. The van der Waals surface area contributed by atoms with Crippen molar-refractivity contribution in [3.05, 3.63) is 64.1 Å². The molecule has 0 radical (unpaired) electrons. The van der Waals surface area contributed by atoms with E-state index in [-0.39, 0.29) is 6.04 Å². The van der Waals surface area contributed by atoms with Gasteiger partial charge in [0, 0.05) is 16.1 Å². The number of benzene rings is 2. The minimum absolute atomic E-state index is 0.0243. The molecule has 0 spiro atoms. The number of rotatable bonds is 4. The van der Waals surface area contributed by atoms with Crippen LogP contribution in [0.5, 0.6) is 5.75 Å². The third kappa shape index (κ3) is 3.34. The molecule has 0 saturated carbocycles. The van der Waals surface area contributed by atoms with Crippen LogP contribution < -0.4 is 10.5 Å². The van der Waals surface area contributed by atoms with Crippen molar-refractivity contribution in [2.24, 2.45) is 5.73 Å². The fraction of sp³-hybridized carbons (Fsp3) is 0.200. The van der Waals surface area contributed by atoms with E-state index >= 15 is 0 Å². The average Bonchev–Trinajstić information content (AvgIpc) is 2.37. The molecule has 18 heavy (non-hydrogen) atoms. The molecule has 0 bridgehead atoms. The topological polar surface area (TPSA) is 35.2 Å². The molecule has 0 aliphatic rings. The van der Waals surface area contributed by atoms with E-state index in [1.165, 1.54) is 0 Å². The van der Waals surface area contributed by atoms with Crippen molar-refractivity contribution in [2.45, 2.75) is 19.6 Å². The van der Waals surface area contributed by atoms with Crippen LogP contribution in [0.2, 0.25) is 0 Å². The van der Waals surface area contributed by atoms with Gasteiger partial charge in [-0.1, -0.05) is 46.3 Å². The van der Waals surface area contributed by atoms with Gasteiger partial charge in [0.25, 0.3) is 0 Å². The predicted molar refractivity (Wildman–Crippen MR) is 77.5 cm³/mol. The Hall–Kier alpha value is -1.32. The number of para-hydroxylation sites is 1. The van der Waals surface area contributed by atoms with E-state index < -0.39 is 0 Å². The van der Waals surface area contributed by atoms with Crippen molar-refractivity contribution in [3.8, 4) is 5.75 Å². The van der Waals surface area contributed by atoms with Crippen molar-refractivity contribution in [2.75, 3.05) is 0 Å². The highest BCUT2D eigenvalue weighted by Gasteiger charge is 2.07. The molecule has 0 saturated heterocycles. The summed E-state index contributed by atoms with van der Waals surface area (Å²) in [5.74, 6) is 0.854. The molecule has 0 fully saturated rings. The van der Waals surface area contributed by atoms with Gasteiger partial charge in [0.1, 0.15) is 12.4 Å². The molecular weight excluding hydrogens is 290 g/mol. The first-order valence-electron chi connectivity index (χ1n) is 5.88. The van der Waals surface area contributed by atoms with Crippen LogP contribution in [0.25, 0.3) is 0 Å². The second-order valence-electron chi connectivity index (χ2n) is 4.25.